The van der Waals surface area contributed by atoms with Crippen molar-refractivity contribution in [3.8, 4) is 0 Å². The Labute approximate surface area is 163 Å². The fraction of sp³-hybridized carbons (Fsp3) is 0.316. The zero-order valence-corrected chi connectivity index (χ0v) is 16.3. The van der Waals surface area contributed by atoms with E-state index in [2.05, 4.69) is 4.98 Å². The molecule has 0 atom stereocenters. The molecule has 2 aromatic rings. The summed E-state index contributed by atoms with van der Waals surface area (Å²) in [4.78, 5) is 31.5. The van der Waals surface area contributed by atoms with Crippen molar-refractivity contribution in [2.45, 2.75) is 19.8 Å². The van der Waals surface area contributed by atoms with Crippen LogP contribution in [0.1, 0.15) is 18.9 Å². The summed E-state index contributed by atoms with van der Waals surface area (Å²) < 4.78 is 0. The third-order valence-corrected chi connectivity index (χ3v) is 4.59. The first-order chi connectivity index (χ1) is 12.4. The van der Waals surface area contributed by atoms with Gasteiger partial charge in [0.1, 0.15) is 0 Å². The molecule has 0 aliphatic rings. The molecule has 0 spiro atoms. The van der Waals surface area contributed by atoms with E-state index in [1.54, 1.807) is 42.5 Å². The molecule has 138 valence electrons. The molecule has 1 aromatic heterocycles. The van der Waals surface area contributed by atoms with E-state index in [9.17, 15) is 9.59 Å². The highest BCUT2D eigenvalue weighted by molar-refractivity contribution is 6.35. The van der Waals surface area contributed by atoms with E-state index < -0.39 is 0 Å². The van der Waals surface area contributed by atoms with Gasteiger partial charge in [0.15, 0.2) is 0 Å². The van der Waals surface area contributed by atoms with Gasteiger partial charge in [-0.2, -0.15) is 0 Å². The van der Waals surface area contributed by atoms with Crippen LogP contribution < -0.4 is 4.90 Å². The second-order valence-corrected chi connectivity index (χ2v) is 6.78. The van der Waals surface area contributed by atoms with Crippen LogP contribution in [0.25, 0.3) is 0 Å². The van der Waals surface area contributed by atoms with E-state index in [4.69, 9.17) is 23.2 Å². The van der Waals surface area contributed by atoms with E-state index in [1.165, 1.54) is 11.8 Å². The van der Waals surface area contributed by atoms with Crippen molar-refractivity contribution >= 4 is 40.7 Å². The number of likely N-dealkylation sites (N-methyl/N-ethyl adjacent to an activating group) is 1. The Balaban J connectivity index is 1.94. The summed E-state index contributed by atoms with van der Waals surface area (Å²) in [6.07, 6.45) is 4.42. The fourth-order valence-electron chi connectivity index (χ4n) is 2.51. The van der Waals surface area contributed by atoms with Crippen LogP contribution in [0.3, 0.4) is 0 Å². The molecule has 1 heterocycles. The van der Waals surface area contributed by atoms with Crippen molar-refractivity contribution in [3.63, 3.8) is 0 Å². The van der Waals surface area contributed by atoms with Crippen molar-refractivity contribution < 1.29 is 9.59 Å². The van der Waals surface area contributed by atoms with Gasteiger partial charge in [-0.1, -0.05) is 23.2 Å². The highest BCUT2D eigenvalue weighted by atomic mass is 35.5. The van der Waals surface area contributed by atoms with Gasteiger partial charge in [0.25, 0.3) is 0 Å². The average molecular weight is 394 g/mol. The van der Waals surface area contributed by atoms with Gasteiger partial charge >= 0.3 is 0 Å². The van der Waals surface area contributed by atoms with Crippen molar-refractivity contribution in [2.75, 3.05) is 25.0 Å². The van der Waals surface area contributed by atoms with Gasteiger partial charge in [0.05, 0.1) is 10.7 Å². The zero-order valence-electron chi connectivity index (χ0n) is 14.8. The minimum Gasteiger partial charge on any atom is -0.345 e. The molecule has 0 aliphatic carbocycles. The zero-order chi connectivity index (χ0) is 19.1. The van der Waals surface area contributed by atoms with Gasteiger partial charge in [-0.15, -0.1) is 0 Å². The third kappa shape index (κ3) is 5.71. The van der Waals surface area contributed by atoms with Crippen LogP contribution in [0.4, 0.5) is 5.69 Å². The molecular formula is C19H21Cl2N3O2. The lowest BCUT2D eigenvalue weighted by atomic mass is 10.2. The summed E-state index contributed by atoms with van der Waals surface area (Å²) in [7, 11) is 1.76. The molecule has 0 bridgehead atoms. The van der Waals surface area contributed by atoms with E-state index >= 15 is 0 Å². The first kappa shape index (κ1) is 20.2. The number of halogens is 2. The number of anilines is 1. The summed E-state index contributed by atoms with van der Waals surface area (Å²) in [5.74, 6) is -0.232. The fourth-order valence-corrected chi connectivity index (χ4v) is 2.90. The molecule has 0 saturated carbocycles. The Hall–Kier alpha value is -2.11. The summed E-state index contributed by atoms with van der Waals surface area (Å²) in [5.41, 5.74) is 1.63. The van der Waals surface area contributed by atoms with Crippen LogP contribution in [-0.2, 0) is 16.0 Å². The van der Waals surface area contributed by atoms with Gasteiger partial charge in [-0.05, 0) is 42.3 Å². The first-order valence-corrected chi connectivity index (χ1v) is 9.00. The number of hydrogen-bond donors (Lipinski definition) is 0. The van der Waals surface area contributed by atoms with Gasteiger partial charge in [-0.3, -0.25) is 14.6 Å². The van der Waals surface area contributed by atoms with Gasteiger partial charge in [0, 0.05) is 50.9 Å². The molecule has 5 nitrogen and oxygen atoms in total. The van der Waals surface area contributed by atoms with E-state index in [0.29, 0.717) is 22.3 Å². The summed E-state index contributed by atoms with van der Waals surface area (Å²) in [5, 5.41) is 0.902. The Morgan fingerprint density at radius 3 is 2.42 bits per heavy atom. The van der Waals surface area contributed by atoms with Gasteiger partial charge in [0.2, 0.25) is 11.8 Å². The van der Waals surface area contributed by atoms with Crippen LogP contribution >= 0.6 is 23.2 Å². The van der Waals surface area contributed by atoms with Gasteiger partial charge < -0.3 is 9.80 Å². The van der Waals surface area contributed by atoms with Crippen molar-refractivity contribution in [2.24, 2.45) is 0 Å². The number of hydrogen-bond acceptors (Lipinski definition) is 3. The number of rotatable bonds is 7. The predicted octanol–water partition coefficient (Wildman–Crippen LogP) is 3.83. The number of pyridine rings is 1. The Bertz CT molecular complexity index is 769. The number of carbonyl (C=O) groups excluding carboxylic acids is 2. The molecule has 0 unspecified atom stereocenters. The maximum Gasteiger partial charge on any atom is 0.224 e. The van der Waals surface area contributed by atoms with Crippen LogP contribution in [0.2, 0.25) is 10.0 Å². The second kappa shape index (κ2) is 9.55. The first-order valence-electron chi connectivity index (χ1n) is 8.24. The standard InChI is InChI=1S/C19H21Cl2N3O2/c1-14(25)24(18-13-16(20)3-4-17(18)21)12-8-19(26)23(2)11-7-15-5-9-22-10-6-15/h3-6,9-10,13H,7-8,11-12H2,1-2H3. The van der Waals surface area contributed by atoms with Crippen LogP contribution in [-0.4, -0.2) is 41.8 Å². The smallest absolute Gasteiger partial charge is 0.224 e. The largest absolute Gasteiger partial charge is 0.345 e. The number of carbonyl (C=O) groups is 2. The minimum absolute atomic E-state index is 0.0385. The second-order valence-electron chi connectivity index (χ2n) is 5.94. The lowest BCUT2D eigenvalue weighted by Crippen LogP contribution is -2.35. The molecule has 0 saturated heterocycles. The molecule has 0 N–H and O–H groups in total. The van der Waals surface area contributed by atoms with Gasteiger partial charge in [-0.25, -0.2) is 0 Å². The average Bonchev–Trinajstić information content (AvgIpc) is 2.63. The number of aromatic nitrogens is 1. The lowest BCUT2D eigenvalue weighted by molar-refractivity contribution is -0.129. The Kier molecular flexibility index (Phi) is 7.42. The lowest BCUT2D eigenvalue weighted by Gasteiger charge is -2.24. The normalized spacial score (nSPS) is 10.5. The predicted molar refractivity (Wildman–Crippen MR) is 105 cm³/mol. The molecule has 7 heteroatoms. The number of amides is 2. The molecular weight excluding hydrogens is 373 g/mol. The molecule has 0 aliphatic heterocycles. The maximum atomic E-state index is 12.4. The molecule has 2 amide bonds. The minimum atomic E-state index is -0.193. The molecule has 26 heavy (non-hydrogen) atoms. The molecule has 0 fully saturated rings. The number of nitrogens with zero attached hydrogens (tertiary/aromatic N) is 3. The highest BCUT2D eigenvalue weighted by Crippen LogP contribution is 2.29. The van der Waals surface area contributed by atoms with Crippen LogP contribution in [0.15, 0.2) is 42.7 Å². The monoisotopic (exact) mass is 393 g/mol. The van der Waals surface area contributed by atoms with Crippen molar-refractivity contribution in [3.05, 3.63) is 58.3 Å². The summed E-state index contributed by atoms with van der Waals surface area (Å²) in [6, 6.07) is 8.78. The van der Waals surface area contributed by atoms with E-state index in [1.807, 2.05) is 12.1 Å². The van der Waals surface area contributed by atoms with Crippen molar-refractivity contribution in [1.82, 2.24) is 9.88 Å². The van der Waals surface area contributed by atoms with E-state index in [0.717, 1.165) is 12.0 Å². The van der Waals surface area contributed by atoms with E-state index in [-0.39, 0.29) is 24.8 Å². The molecule has 1 aromatic carbocycles. The molecule has 0 radical (unpaired) electrons. The quantitative estimate of drug-likeness (QED) is 0.717. The van der Waals surface area contributed by atoms with Crippen LogP contribution in [0.5, 0.6) is 0 Å². The SMILES string of the molecule is CC(=O)N(CCC(=O)N(C)CCc1ccncc1)c1cc(Cl)ccc1Cl. The van der Waals surface area contributed by atoms with Crippen LogP contribution in [0, 0.1) is 0 Å². The third-order valence-electron chi connectivity index (χ3n) is 4.04. The maximum absolute atomic E-state index is 12.4. The Morgan fingerprint density at radius 1 is 1.08 bits per heavy atom. The summed E-state index contributed by atoms with van der Waals surface area (Å²) >= 11 is 12.2. The van der Waals surface area contributed by atoms with Crippen molar-refractivity contribution in [1.29, 1.82) is 0 Å². The molecule has 2 rings (SSSR count). The summed E-state index contributed by atoms with van der Waals surface area (Å²) in [6.45, 7) is 2.28. The Morgan fingerprint density at radius 2 is 1.77 bits per heavy atom. The highest BCUT2D eigenvalue weighted by Gasteiger charge is 2.18. The topological polar surface area (TPSA) is 53.5 Å². The number of benzene rings is 1.